The number of nitrogens with zero attached hydrogens (tertiary/aromatic N) is 4. The Morgan fingerprint density at radius 3 is 2.54 bits per heavy atom. The zero-order valence-corrected chi connectivity index (χ0v) is 15.3. The Bertz CT molecular complexity index is 1250. The van der Waals surface area contributed by atoms with Crippen molar-refractivity contribution in [1.82, 2.24) is 19.6 Å². The standard InChI is InChI=1S/C21H16N4S/c1-13-8-9-16(10-14(13)2)17-11-26-21-18(17)20-24-23-19(25(20)12-22-21)15-6-4-3-5-7-15/h3-12H,1-2H3. The van der Waals surface area contributed by atoms with E-state index < -0.39 is 0 Å². The van der Waals surface area contributed by atoms with Gasteiger partial charge in [-0.25, -0.2) is 4.98 Å². The molecule has 26 heavy (non-hydrogen) atoms. The fourth-order valence-corrected chi connectivity index (χ4v) is 4.16. The minimum atomic E-state index is 0.812. The Hall–Kier alpha value is -3.05. The Labute approximate surface area is 154 Å². The molecule has 0 saturated heterocycles. The van der Waals surface area contributed by atoms with Gasteiger partial charge in [0.25, 0.3) is 0 Å². The zero-order chi connectivity index (χ0) is 17.7. The van der Waals surface area contributed by atoms with Gasteiger partial charge in [-0.2, -0.15) is 0 Å². The van der Waals surface area contributed by atoms with Gasteiger partial charge >= 0.3 is 0 Å². The molecule has 126 valence electrons. The van der Waals surface area contributed by atoms with Crippen LogP contribution >= 0.6 is 11.3 Å². The number of fused-ring (bicyclic) bond motifs is 3. The first-order valence-electron chi connectivity index (χ1n) is 8.46. The van der Waals surface area contributed by atoms with Crippen LogP contribution in [0.25, 0.3) is 38.4 Å². The number of rotatable bonds is 2. The van der Waals surface area contributed by atoms with E-state index in [9.17, 15) is 0 Å². The Kier molecular flexibility index (Phi) is 3.36. The van der Waals surface area contributed by atoms with Crippen molar-refractivity contribution in [3.05, 3.63) is 71.4 Å². The topological polar surface area (TPSA) is 43.1 Å². The van der Waals surface area contributed by atoms with Gasteiger partial charge < -0.3 is 0 Å². The molecule has 3 heterocycles. The summed E-state index contributed by atoms with van der Waals surface area (Å²) in [7, 11) is 0. The first-order valence-corrected chi connectivity index (χ1v) is 9.34. The molecule has 5 aromatic rings. The third-order valence-electron chi connectivity index (χ3n) is 4.83. The molecule has 0 radical (unpaired) electrons. The highest BCUT2D eigenvalue weighted by Gasteiger charge is 2.16. The average molecular weight is 356 g/mol. The van der Waals surface area contributed by atoms with Crippen LogP contribution in [0.5, 0.6) is 0 Å². The minimum Gasteiger partial charge on any atom is -0.265 e. The maximum Gasteiger partial charge on any atom is 0.173 e. The molecular weight excluding hydrogens is 340 g/mol. The Morgan fingerprint density at radius 2 is 1.73 bits per heavy atom. The Balaban J connectivity index is 1.79. The summed E-state index contributed by atoms with van der Waals surface area (Å²) in [6.45, 7) is 4.28. The van der Waals surface area contributed by atoms with Gasteiger partial charge in [0.15, 0.2) is 11.5 Å². The predicted molar refractivity (Wildman–Crippen MR) is 107 cm³/mol. The molecule has 2 aromatic carbocycles. The summed E-state index contributed by atoms with van der Waals surface area (Å²) in [6.07, 6.45) is 1.82. The summed E-state index contributed by atoms with van der Waals surface area (Å²) in [6, 6.07) is 16.7. The van der Waals surface area contributed by atoms with E-state index in [0.717, 1.165) is 27.3 Å². The summed E-state index contributed by atoms with van der Waals surface area (Å²) >= 11 is 1.65. The summed E-state index contributed by atoms with van der Waals surface area (Å²) in [5.41, 5.74) is 6.82. The Morgan fingerprint density at radius 1 is 0.885 bits per heavy atom. The molecule has 5 heteroatoms. The molecule has 0 unspecified atom stereocenters. The summed E-state index contributed by atoms with van der Waals surface area (Å²) < 4.78 is 1.98. The lowest BCUT2D eigenvalue weighted by Gasteiger charge is -2.05. The lowest BCUT2D eigenvalue weighted by molar-refractivity contribution is 1.09. The van der Waals surface area contributed by atoms with Crippen LogP contribution in [0.1, 0.15) is 11.1 Å². The van der Waals surface area contributed by atoms with Gasteiger partial charge in [0.05, 0.1) is 5.39 Å². The lowest BCUT2D eigenvalue weighted by atomic mass is 10.0. The van der Waals surface area contributed by atoms with Gasteiger partial charge in [0.2, 0.25) is 0 Å². The molecule has 0 saturated carbocycles. The number of benzene rings is 2. The first-order chi connectivity index (χ1) is 12.7. The van der Waals surface area contributed by atoms with Gasteiger partial charge in [0, 0.05) is 16.5 Å². The number of hydrogen-bond acceptors (Lipinski definition) is 4. The average Bonchev–Trinajstić information content (AvgIpc) is 3.28. The molecule has 0 aliphatic carbocycles. The molecule has 5 rings (SSSR count). The summed E-state index contributed by atoms with van der Waals surface area (Å²) in [4.78, 5) is 5.64. The lowest BCUT2D eigenvalue weighted by Crippen LogP contribution is -1.92. The number of aromatic nitrogens is 4. The van der Waals surface area contributed by atoms with Crippen molar-refractivity contribution >= 4 is 27.2 Å². The van der Waals surface area contributed by atoms with Crippen LogP contribution < -0.4 is 0 Å². The normalized spacial score (nSPS) is 11.5. The molecule has 0 aliphatic rings. The molecular formula is C21H16N4S. The molecule has 0 spiro atoms. The van der Waals surface area contributed by atoms with Crippen molar-refractivity contribution in [2.45, 2.75) is 13.8 Å². The van der Waals surface area contributed by atoms with Crippen molar-refractivity contribution in [2.24, 2.45) is 0 Å². The third-order valence-corrected chi connectivity index (χ3v) is 5.72. The van der Waals surface area contributed by atoms with E-state index in [-0.39, 0.29) is 0 Å². The monoisotopic (exact) mass is 356 g/mol. The molecule has 0 aliphatic heterocycles. The van der Waals surface area contributed by atoms with E-state index in [1.54, 1.807) is 11.3 Å². The van der Waals surface area contributed by atoms with E-state index in [4.69, 9.17) is 0 Å². The van der Waals surface area contributed by atoms with Gasteiger partial charge in [-0.3, -0.25) is 4.40 Å². The SMILES string of the molecule is Cc1ccc(-c2csc3ncn4c(-c5ccccc5)nnc4c23)cc1C. The molecule has 4 nitrogen and oxygen atoms in total. The molecule has 0 bridgehead atoms. The van der Waals surface area contributed by atoms with E-state index in [1.807, 2.05) is 41.1 Å². The fourth-order valence-electron chi connectivity index (χ4n) is 3.25. The van der Waals surface area contributed by atoms with E-state index in [1.165, 1.54) is 22.3 Å². The highest BCUT2D eigenvalue weighted by atomic mass is 32.1. The fraction of sp³-hybridized carbons (Fsp3) is 0.0952. The predicted octanol–water partition coefficient (Wildman–Crippen LogP) is 5.29. The van der Waals surface area contributed by atoms with Crippen LogP contribution in [0, 0.1) is 13.8 Å². The zero-order valence-electron chi connectivity index (χ0n) is 14.5. The van der Waals surface area contributed by atoms with Crippen molar-refractivity contribution < 1.29 is 0 Å². The largest absolute Gasteiger partial charge is 0.265 e. The van der Waals surface area contributed by atoms with Gasteiger partial charge in [-0.1, -0.05) is 48.5 Å². The first kappa shape index (κ1) is 15.2. The smallest absolute Gasteiger partial charge is 0.173 e. The number of hydrogen-bond donors (Lipinski definition) is 0. The van der Waals surface area contributed by atoms with Crippen LogP contribution in [0.4, 0.5) is 0 Å². The van der Waals surface area contributed by atoms with E-state index in [2.05, 4.69) is 52.6 Å². The van der Waals surface area contributed by atoms with Crippen molar-refractivity contribution in [3.8, 4) is 22.5 Å². The summed E-state index contributed by atoms with van der Waals surface area (Å²) in [5.74, 6) is 0.812. The molecule has 3 aromatic heterocycles. The minimum absolute atomic E-state index is 0.812. The van der Waals surface area contributed by atoms with Crippen LogP contribution in [-0.2, 0) is 0 Å². The third kappa shape index (κ3) is 2.24. The summed E-state index contributed by atoms with van der Waals surface area (Å²) in [5, 5.41) is 12.2. The highest BCUT2D eigenvalue weighted by Crippen LogP contribution is 2.36. The molecule has 0 amide bonds. The van der Waals surface area contributed by atoms with Crippen molar-refractivity contribution in [3.63, 3.8) is 0 Å². The molecule has 0 atom stereocenters. The maximum absolute atomic E-state index is 4.66. The second-order valence-corrected chi connectivity index (χ2v) is 7.31. The molecule has 0 N–H and O–H groups in total. The highest BCUT2D eigenvalue weighted by molar-refractivity contribution is 7.17. The second-order valence-electron chi connectivity index (χ2n) is 6.46. The van der Waals surface area contributed by atoms with Gasteiger partial charge in [0.1, 0.15) is 11.2 Å². The van der Waals surface area contributed by atoms with Crippen LogP contribution in [0.15, 0.2) is 60.2 Å². The van der Waals surface area contributed by atoms with Gasteiger partial charge in [-0.05, 0) is 30.5 Å². The van der Waals surface area contributed by atoms with Gasteiger partial charge in [-0.15, -0.1) is 21.5 Å². The second kappa shape index (κ2) is 5.75. The quantitative estimate of drug-likeness (QED) is 0.432. The number of thiophene rings is 1. The number of aryl methyl sites for hydroxylation is 2. The molecule has 0 fully saturated rings. The van der Waals surface area contributed by atoms with Crippen molar-refractivity contribution in [2.75, 3.05) is 0 Å². The van der Waals surface area contributed by atoms with E-state index >= 15 is 0 Å². The van der Waals surface area contributed by atoms with Crippen LogP contribution in [0.3, 0.4) is 0 Å². The van der Waals surface area contributed by atoms with Crippen molar-refractivity contribution in [1.29, 1.82) is 0 Å². The van der Waals surface area contributed by atoms with Crippen LogP contribution in [0.2, 0.25) is 0 Å². The van der Waals surface area contributed by atoms with E-state index in [0.29, 0.717) is 0 Å². The maximum atomic E-state index is 4.66. The van der Waals surface area contributed by atoms with Crippen LogP contribution in [-0.4, -0.2) is 19.6 Å².